The Morgan fingerprint density at radius 2 is 2.00 bits per heavy atom. The number of rotatable bonds is 7. The Balaban J connectivity index is 1.05. The lowest BCUT2D eigenvalue weighted by molar-refractivity contribution is 0.0953. The van der Waals surface area contributed by atoms with Gasteiger partial charge in [-0.05, 0) is 79.0 Å². The number of benzene rings is 2. The fourth-order valence-corrected chi connectivity index (χ4v) is 5.08. The van der Waals surface area contributed by atoms with Crippen LogP contribution in [0.15, 0.2) is 52.4 Å². The highest BCUT2D eigenvalue weighted by atomic mass is 32.1. The van der Waals surface area contributed by atoms with E-state index in [1.165, 1.54) is 27.8 Å². The van der Waals surface area contributed by atoms with Crippen LogP contribution in [0.1, 0.15) is 30.0 Å². The Kier molecular flexibility index (Phi) is 5.79. The minimum atomic E-state index is -0.239. The average molecular weight is 425 g/mol. The van der Waals surface area contributed by atoms with E-state index >= 15 is 0 Å². The Bertz CT molecular complexity index is 1130. The summed E-state index contributed by atoms with van der Waals surface area (Å²) in [5.41, 5.74) is 2.90. The SMILES string of the molecule is Fc1ccc2onc(C3CCN(CCOCCc4ccc5sccc5c4)CC3)c2c1. The summed E-state index contributed by atoms with van der Waals surface area (Å²) in [5.74, 6) is 0.0917. The molecule has 1 aliphatic rings. The Labute approximate surface area is 179 Å². The number of piperidine rings is 1. The predicted molar refractivity (Wildman–Crippen MR) is 119 cm³/mol. The second-order valence-electron chi connectivity index (χ2n) is 7.98. The van der Waals surface area contributed by atoms with Crippen molar-refractivity contribution in [2.45, 2.75) is 25.2 Å². The van der Waals surface area contributed by atoms with E-state index in [0.29, 0.717) is 11.5 Å². The molecule has 0 unspecified atom stereocenters. The Hall–Kier alpha value is -2.28. The fourth-order valence-electron chi connectivity index (χ4n) is 4.31. The molecule has 5 rings (SSSR count). The summed E-state index contributed by atoms with van der Waals surface area (Å²) in [7, 11) is 0. The third kappa shape index (κ3) is 4.26. The molecule has 2 aromatic carbocycles. The number of thiophene rings is 1. The number of halogens is 1. The minimum Gasteiger partial charge on any atom is -0.380 e. The van der Waals surface area contributed by atoms with Crippen molar-refractivity contribution in [3.8, 4) is 0 Å². The maximum atomic E-state index is 13.6. The van der Waals surface area contributed by atoms with Crippen LogP contribution in [0.2, 0.25) is 0 Å². The Morgan fingerprint density at radius 3 is 2.90 bits per heavy atom. The lowest BCUT2D eigenvalue weighted by atomic mass is 9.91. The lowest BCUT2D eigenvalue weighted by Gasteiger charge is -2.31. The molecule has 3 heterocycles. The third-order valence-corrected chi connectivity index (χ3v) is 6.94. The number of ether oxygens (including phenoxy) is 1. The maximum Gasteiger partial charge on any atom is 0.167 e. The van der Waals surface area contributed by atoms with E-state index in [-0.39, 0.29) is 5.82 Å². The first kappa shape index (κ1) is 19.7. The highest BCUT2D eigenvalue weighted by Gasteiger charge is 2.25. The van der Waals surface area contributed by atoms with Crippen LogP contribution in [-0.2, 0) is 11.2 Å². The van der Waals surface area contributed by atoms with E-state index in [1.807, 2.05) is 0 Å². The predicted octanol–water partition coefficient (Wildman–Crippen LogP) is 5.62. The summed E-state index contributed by atoms with van der Waals surface area (Å²) in [5, 5.41) is 8.51. The molecular weight excluding hydrogens is 399 g/mol. The van der Waals surface area contributed by atoms with Gasteiger partial charge in [-0.2, -0.15) is 0 Å². The van der Waals surface area contributed by atoms with Crippen molar-refractivity contribution in [3.63, 3.8) is 0 Å². The normalized spacial score (nSPS) is 16.0. The molecule has 0 saturated carbocycles. The second-order valence-corrected chi connectivity index (χ2v) is 8.93. The van der Waals surface area contributed by atoms with E-state index < -0.39 is 0 Å². The number of hydrogen-bond donors (Lipinski definition) is 0. The van der Waals surface area contributed by atoms with Crippen LogP contribution in [0.25, 0.3) is 21.1 Å². The van der Waals surface area contributed by atoms with Gasteiger partial charge in [0.15, 0.2) is 5.58 Å². The molecule has 0 aliphatic carbocycles. The molecule has 30 heavy (non-hydrogen) atoms. The van der Waals surface area contributed by atoms with Crippen molar-refractivity contribution in [2.24, 2.45) is 0 Å². The summed E-state index contributed by atoms with van der Waals surface area (Å²) in [6, 6.07) is 13.5. The fraction of sp³-hybridized carbons (Fsp3) is 0.375. The van der Waals surface area contributed by atoms with Crippen LogP contribution >= 0.6 is 11.3 Å². The molecule has 0 spiro atoms. The zero-order valence-corrected chi connectivity index (χ0v) is 17.7. The van der Waals surface area contributed by atoms with Crippen molar-refractivity contribution in [1.29, 1.82) is 0 Å². The van der Waals surface area contributed by atoms with Crippen LogP contribution in [0, 0.1) is 5.82 Å². The van der Waals surface area contributed by atoms with Gasteiger partial charge in [-0.3, -0.25) is 0 Å². The summed E-state index contributed by atoms with van der Waals surface area (Å²) in [6.45, 7) is 4.47. The molecule has 0 amide bonds. The van der Waals surface area contributed by atoms with Crippen molar-refractivity contribution in [1.82, 2.24) is 10.1 Å². The summed E-state index contributed by atoms with van der Waals surface area (Å²) < 4.78 is 26.2. The van der Waals surface area contributed by atoms with Crippen LogP contribution in [0.3, 0.4) is 0 Å². The molecule has 4 nitrogen and oxygen atoms in total. The maximum absolute atomic E-state index is 13.6. The second kappa shape index (κ2) is 8.84. The number of aromatic nitrogens is 1. The van der Waals surface area contributed by atoms with Gasteiger partial charge in [0, 0.05) is 22.5 Å². The standard InChI is InChI=1S/C24H25FN2O2S/c25-20-2-3-22-21(16-20)24(26-29-22)18-5-9-27(10-6-18)11-13-28-12-7-17-1-4-23-19(15-17)8-14-30-23/h1-4,8,14-16,18H,5-7,9-13H2. The zero-order valence-electron chi connectivity index (χ0n) is 16.9. The quantitative estimate of drug-likeness (QED) is 0.361. The van der Waals surface area contributed by atoms with Crippen LogP contribution in [0.4, 0.5) is 4.39 Å². The van der Waals surface area contributed by atoms with Gasteiger partial charge in [-0.1, -0.05) is 17.3 Å². The summed E-state index contributed by atoms with van der Waals surface area (Å²) in [6.07, 6.45) is 2.97. The van der Waals surface area contributed by atoms with Gasteiger partial charge < -0.3 is 14.2 Å². The zero-order chi connectivity index (χ0) is 20.3. The number of likely N-dealkylation sites (tertiary alicyclic amines) is 1. The number of hydrogen-bond acceptors (Lipinski definition) is 5. The van der Waals surface area contributed by atoms with Gasteiger partial charge in [0.2, 0.25) is 0 Å². The molecule has 0 bridgehead atoms. The third-order valence-electron chi connectivity index (χ3n) is 6.04. The molecule has 0 atom stereocenters. The molecule has 1 fully saturated rings. The van der Waals surface area contributed by atoms with Gasteiger partial charge in [-0.15, -0.1) is 11.3 Å². The van der Waals surface area contributed by atoms with Gasteiger partial charge in [0.1, 0.15) is 5.82 Å². The highest BCUT2D eigenvalue weighted by Crippen LogP contribution is 2.32. The van der Waals surface area contributed by atoms with Crippen LogP contribution in [-0.4, -0.2) is 42.9 Å². The molecule has 2 aromatic heterocycles. The first-order valence-corrected chi connectivity index (χ1v) is 11.5. The summed E-state index contributed by atoms with van der Waals surface area (Å²) >= 11 is 1.78. The van der Waals surface area contributed by atoms with Crippen molar-refractivity contribution >= 4 is 32.4 Å². The topological polar surface area (TPSA) is 38.5 Å². The first-order chi connectivity index (χ1) is 14.8. The van der Waals surface area contributed by atoms with Gasteiger partial charge >= 0.3 is 0 Å². The molecule has 4 aromatic rings. The highest BCUT2D eigenvalue weighted by molar-refractivity contribution is 7.17. The minimum absolute atomic E-state index is 0.239. The van der Waals surface area contributed by atoms with Gasteiger partial charge in [0.25, 0.3) is 0 Å². The molecular formula is C24H25FN2O2S. The molecule has 1 aliphatic heterocycles. The first-order valence-electron chi connectivity index (χ1n) is 10.6. The number of nitrogens with zero attached hydrogens (tertiary/aromatic N) is 2. The number of fused-ring (bicyclic) bond motifs is 2. The van der Waals surface area contributed by atoms with Gasteiger partial charge in [-0.25, -0.2) is 4.39 Å². The van der Waals surface area contributed by atoms with E-state index in [1.54, 1.807) is 17.4 Å². The van der Waals surface area contributed by atoms with Crippen LogP contribution in [0.5, 0.6) is 0 Å². The molecule has 0 radical (unpaired) electrons. The van der Waals surface area contributed by atoms with E-state index in [2.05, 4.69) is 39.7 Å². The van der Waals surface area contributed by atoms with E-state index in [4.69, 9.17) is 9.26 Å². The van der Waals surface area contributed by atoms with Gasteiger partial charge in [0.05, 0.1) is 18.9 Å². The molecule has 1 saturated heterocycles. The molecule has 0 N–H and O–H groups in total. The van der Waals surface area contributed by atoms with E-state index in [9.17, 15) is 4.39 Å². The van der Waals surface area contributed by atoms with Crippen molar-refractivity contribution < 1.29 is 13.7 Å². The monoisotopic (exact) mass is 424 g/mol. The largest absolute Gasteiger partial charge is 0.380 e. The Morgan fingerprint density at radius 1 is 1.10 bits per heavy atom. The molecule has 156 valence electrons. The molecule has 6 heteroatoms. The van der Waals surface area contributed by atoms with Crippen molar-refractivity contribution in [2.75, 3.05) is 32.8 Å². The lowest BCUT2D eigenvalue weighted by Crippen LogP contribution is -2.35. The average Bonchev–Trinajstić information content (AvgIpc) is 3.40. The smallest absolute Gasteiger partial charge is 0.167 e. The summed E-state index contributed by atoms with van der Waals surface area (Å²) in [4.78, 5) is 2.44. The van der Waals surface area contributed by atoms with E-state index in [0.717, 1.165) is 63.2 Å². The van der Waals surface area contributed by atoms with Crippen LogP contribution < -0.4 is 0 Å². The van der Waals surface area contributed by atoms with Crippen molar-refractivity contribution in [3.05, 3.63) is 64.9 Å².